The molecule has 0 spiro atoms. The van der Waals surface area contributed by atoms with E-state index in [1.54, 1.807) is 4.90 Å². The topological polar surface area (TPSA) is 41.6 Å². The van der Waals surface area contributed by atoms with Gasteiger partial charge in [0.2, 0.25) is 3.79 Å². The molecule has 2 rings (SSSR count). The third-order valence-corrected chi connectivity index (χ3v) is 2.98. The van der Waals surface area contributed by atoms with Gasteiger partial charge in [-0.2, -0.15) is 0 Å². The predicted octanol–water partition coefficient (Wildman–Crippen LogP) is 1.54. The number of alkyl halides is 3. The van der Waals surface area contributed by atoms with Crippen LogP contribution in [0.15, 0.2) is 0 Å². The van der Waals surface area contributed by atoms with Gasteiger partial charge in [-0.1, -0.05) is 34.8 Å². The fraction of sp³-hybridized carbons (Fsp3) is 0.875. The van der Waals surface area contributed by atoms with Crippen LogP contribution in [0, 0.1) is 0 Å². The maximum Gasteiger partial charge on any atom is 0.410 e. The highest BCUT2D eigenvalue weighted by Gasteiger charge is 2.41. The molecule has 2 atom stereocenters. The van der Waals surface area contributed by atoms with Gasteiger partial charge in [0.25, 0.3) is 0 Å². The number of carbonyl (C=O) groups excluding carboxylic acids is 1. The summed E-state index contributed by atoms with van der Waals surface area (Å²) in [4.78, 5) is 13.3. The SMILES string of the molecule is O=C(OCC(Cl)(Cl)Cl)N1C[C@@H]2C[C@H]1CN2. The van der Waals surface area contributed by atoms with Crippen molar-refractivity contribution in [2.24, 2.45) is 0 Å². The zero-order valence-corrected chi connectivity index (χ0v) is 10.1. The number of rotatable bonds is 1. The molecule has 0 aromatic carbocycles. The molecule has 0 saturated carbocycles. The van der Waals surface area contributed by atoms with Crippen molar-refractivity contribution in [2.45, 2.75) is 22.3 Å². The van der Waals surface area contributed by atoms with E-state index in [1.807, 2.05) is 0 Å². The number of nitrogens with one attached hydrogen (secondary N) is 1. The van der Waals surface area contributed by atoms with Crippen LogP contribution in [0.4, 0.5) is 4.79 Å². The van der Waals surface area contributed by atoms with Crippen LogP contribution in [-0.2, 0) is 4.74 Å². The van der Waals surface area contributed by atoms with Gasteiger partial charge in [-0.25, -0.2) is 4.79 Å². The van der Waals surface area contributed by atoms with Gasteiger partial charge in [0.1, 0.15) is 6.61 Å². The lowest BCUT2D eigenvalue weighted by Gasteiger charge is -2.27. The van der Waals surface area contributed by atoms with E-state index in [4.69, 9.17) is 39.5 Å². The molecule has 0 aromatic heterocycles. The molecule has 0 aromatic rings. The monoisotopic (exact) mass is 272 g/mol. The Morgan fingerprint density at radius 3 is 2.73 bits per heavy atom. The minimum absolute atomic E-state index is 0.211. The lowest BCUT2D eigenvalue weighted by molar-refractivity contribution is 0.0952. The first kappa shape index (κ1) is 11.6. The van der Waals surface area contributed by atoms with Crippen molar-refractivity contribution in [1.29, 1.82) is 0 Å². The Kier molecular flexibility index (Phi) is 3.22. The zero-order chi connectivity index (χ0) is 11.1. The van der Waals surface area contributed by atoms with Crippen LogP contribution in [0.25, 0.3) is 0 Å². The smallest absolute Gasteiger partial charge is 0.410 e. The fourth-order valence-corrected chi connectivity index (χ4v) is 2.17. The van der Waals surface area contributed by atoms with E-state index in [0.29, 0.717) is 12.6 Å². The number of piperazine rings is 1. The van der Waals surface area contributed by atoms with E-state index in [1.165, 1.54) is 0 Å². The summed E-state index contributed by atoms with van der Waals surface area (Å²) in [6.45, 7) is 1.30. The van der Waals surface area contributed by atoms with Gasteiger partial charge in [0.15, 0.2) is 0 Å². The molecule has 1 amide bonds. The summed E-state index contributed by atoms with van der Waals surface area (Å²) in [5.74, 6) is 0. The maximum atomic E-state index is 11.6. The van der Waals surface area contributed by atoms with Gasteiger partial charge < -0.3 is 15.0 Å². The Hall–Kier alpha value is 0.1000. The van der Waals surface area contributed by atoms with Crippen LogP contribution in [0.3, 0.4) is 0 Å². The van der Waals surface area contributed by atoms with Crippen LogP contribution in [-0.4, -0.2) is 46.6 Å². The number of carbonyl (C=O) groups is 1. The Labute approximate surface area is 103 Å². The molecular formula is C8H11Cl3N2O2. The fourth-order valence-electron chi connectivity index (χ4n) is 2.01. The van der Waals surface area contributed by atoms with Crippen LogP contribution in [0.2, 0.25) is 0 Å². The standard InChI is InChI=1S/C8H11Cl3N2O2/c9-8(10,11)4-15-7(14)13-3-5-1-6(13)2-12-5/h5-6,12H,1-4H2/t5-,6-/m0/s1. The molecule has 2 saturated heterocycles. The molecule has 86 valence electrons. The Bertz CT molecular complexity index is 269. The molecule has 2 aliphatic heterocycles. The Balaban J connectivity index is 1.82. The largest absolute Gasteiger partial charge is 0.445 e. The van der Waals surface area contributed by atoms with Crippen LogP contribution >= 0.6 is 34.8 Å². The third kappa shape index (κ3) is 2.81. The van der Waals surface area contributed by atoms with Crippen molar-refractivity contribution >= 4 is 40.9 Å². The van der Waals surface area contributed by atoms with E-state index in [9.17, 15) is 4.79 Å². The molecule has 7 heteroatoms. The molecule has 2 bridgehead atoms. The van der Waals surface area contributed by atoms with Crippen LogP contribution in [0.5, 0.6) is 0 Å². The second-order valence-corrected chi connectivity index (χ2v) is 6.33. The second kappa shape index (κ2) is 4.17. The Morgan fingerprint density at radius 2 is 2.27 bits per heavy atom. The highest BCUT2D eigenvalue weighted by Crippen LogP contribution is 2.28. The van der Waals surface area contributed by atoms with Crippen LogP contribution < -0.4 is 5.32 Å². The summed E-state index contributed by atoms with van der Waals surface area (Å²) in [7, 11) is 0. The van der Waals surface area contributed by atoms with Gasteiger partial charge in [-0.15, -0.1) is 0 Å². The second-order valence-electron chi connectivity index (χ2n) is 3.82. The van der Waals surface area contributed by atoms with Gasteiger partial charge in [0.05, 0.1) is 0 Å². The van der Waals surface area contributed by atoms with E-state index in [0.717, 1.165) is 13.0 Å². The van der Waals surface area contributed by atoms with E-state index in [2.05, 4.69) is 5.32 Å². The quantitative estimate of drug-likeness (QED) is 0.737. The van der Waals surface area contributed by atoms with Gasteiger partial charge in [-0.3, -0.25) is 0 Å². The lowest BCUT2D eigenvalue weighted by Crippen LogP contribution is -2.47. The zero-order valence-electron chi connectivity index (χ0n) is 7.88. The first-order valence-electron chi connectivity index (χ1n) is 4.69. The normalized spacial score (nSPS) is 29.7. The number of nitrogens with zero attached hydrogens (tertiary/aromatic N) is 1. The summed E-state index contributed by atoms with van der Waals surface area (Å²) >= 11 is 16.5. The Morgan fingerprint density at radius 1 is 1.53 bits per heavy atom. The number of ether oxygens (including phenoxy) is 1. The summed E-state index contributed by atoms with van der Waals surface area (Å²) in [6.07, 6.45) is 0.596. The van der Waals surface area contributed by atoms with Gasteiger partial charge in [0, 0.05) is 25.2 Å². The van der Waals surface area contributed by atoms with E-state index >= 15 is 0 Å². The molecule has 0 unspecified atom stereocenters. The van der Waals surface area contributed by atoms with Crippen molar-refractivity contribution in [1.82, 2.24) is 10.2 Å². The van der Waals surface area contributed by atoms with E-state index in [-0.39, 0.29) is 12.6 Å². The summed E-state index contributed by atoms with van der Waals surface area (Å²) in [6, 6.07) is 0.633. The summed E-state index contributed by atoms with van der Waals surface area (Å²) in [5, 5.41) is 3.29. The van der Waals surface area contributed by atoms with Gasteiger partial charge >= 0.3 is 6.09 Å². The van der Waals surface area contributed by atoms with Crippen molar-refractivity contribution < 1.29 is 9.53 Å². The minimum Gasteiger partial charge on any atom is -0.445 e. The molecular weight excluding hydrogens is 262 g/mol. The van der Waals surface area contributed by atoms with Crippen molar-refractivity contribution in [3.05, 3.63) is 0 Å². The average Bonchev–Trinajstić information content (AvgIpc) is 2.73. The molecule has 1 N–H and O–H groups in total. The van der Waals surface area contributed by atoms with Gasteiger partial charge in [-0.05, 0) is 6.42 Å². The first-order chi connectivity index (χ1) is 6.96. The summed E-state index contributed by atoms with van der Waals surface area (Å²) < 4.78 is 3.37. The lowest BCUT2D eigenvalue weighted by atomic mass is 10.2. The molecule has 15 heavy (non-hydrogen) atoms. The average molecular weight is 274 g/mol. The molecule has 0 aliphatic carbocycles. The molecule has 2 heterocycles. The maximum absolute atomic E-state index is 11.6. The molecule has 2 aliphatic rings. The highest BCUT2D eigenvalue weighted by atomic mass is 35.6. The minimum atomic E-state index is -1.54. The predicted molar refractivity (Wildman–Crippen MR) is 58.5 cm³/mol. The number of likely N-dealkylation sites (tertiary alicyclic amines) is 1. The van der Waals surface area contributed by atoms with Crippen molar-refractivity contribution in [2.75, 3.05) is 19.7 Å². The number of fused-ring (bicyclic) bond motifs is 2. The van der Waals surface area contributed by atoms with Crippen LogP contribution in [0.1, 0.15) is 6.42 Å². The number of hydrogen-bond donors (Lipinski definition) is 1. The van der Waals surface area contributed by atoms with Crippen molar-refractivity contribution in [3.63, 3.8) is 0 Å². The summed E-state index contributed by atoms with van der Waals surface area (Å²) in [5.41, 5.74) is 0. The number of halogens is 3. The van der Waals surface area contributed by atoms with E-state index < -0.39 is 9.89 Å². The molecule has 2 fully saturated rings. The number of hydrogen-bond acceptors (Lipinski definition) is 3. The first-order valence-corrected chi connectivity index (χ1v) is 5.82. The molecule has 4 nitrogen and oxygen atoms in total. The highest BCUT2D eigenvalue weighted by molar-refractivity contribution is 6.67. The third-order valence-electron chi connectivity index (χ3n) is 2.65. The van der Waals surface area contributed by atoms with Crippen molar-refractivity contribution in [3.8, 4) is 0 Å². The molecule has 0 radical (unpaired) electrons. The number of amides is 1.